The number of hydrogen-bond acceptors (Lipinski definition) is 4. The Hall–Kier alpha value is -2.18. The summed E-state index contributed by atoms with van der Waals surface area (Å²) in [6.45, 7) is 0.974. The fourth-order valence-corrected chi connectivity index (χ4v) is 2.97. The van der Waals surface area contributed by atoms with Crippen molar-refractivity contribution < 1.29 is 9.53 Å². The molecule has 0 aliphatic rings. The van der Waals surface area contributed by atoms with Gasteiger partial charge in [-0.15, -0.1) is 0 Å². The van der Waals surface area contributed by atoms with Crippen molar-refractivity contribution in [1.82, 2.24) is 14.7 Å². The highest BCUT2D eigenvalue weighted by atomic mass is 32.1. The molecule has 0 atom stereocenters. The number of thiazole rings is 1. The fraction of sp³-hybridized carbons (Fsp3) is 0.200. The minimum absolute atomic E-state index is 0.177. The van der Waals surface area contributed by atoms with E-state index in [0.29, 0.717) is 18.8 Å². The molecule has 2 aromatic heterocycles. The van der Waals surface area contributed by atoms with E-state index in [1.165, 1.54) is 0 Å². The van der Waals surface area contributed by atoms with E-state index >= 15 is 0 Å². The van der Waals surface area contributed by atoms with Gasteiger partial charge in [0.25, 0.3) is 5.91 Å². The molecule has 0 aliphatic carbocycles. The minimum Gasteiger partial charge on any atom is -0.383 e. The quantitative estimate of drug-likeness (QED) is 0.736. The molecule has 0 radical (unpaired) electrons. The first-order valence-electron chi connectivity index (χ1n) is 6.59. The zero-order chi connectivity index (χ0) is 14.7. The largest absolute Gasteiger partial charge is 0.383 e. The molecule has 108 valence electrons. The second kappa shape index (κ2) is 6.07. The minimum atomic E-state index is -0.177. The number of amides is 1. The maximum atomic E-state index is 11.9. The molecular weight excluding hydrogens is 286 g/mol. The van der Waals surface area contributed by atoms with Crippen LogP contribution in [0.4, 0.5) is 0 Å². The Morgan fingerprint density at radius 2 is 2.14 bits per heavy atom. The number of hydrogen-bond donors (Lipinski definition) is 1. The van der Waals surface area contributed by atoms with Crippen molar-refractivity contribution in [3.05, 3.63) is 48.4 Å². The van der Waals surface area contributed by atoms with Gasteiger partial charge >= 0.3 is 0 Å². The van der Waals surface area contributed by atoms with Crippen LogP contribution in [0, 0.1) is 0 Å². The Kier molecular flexibility index (Phi) is 3.98. The van der Waals surface area contributed by atoms with Gasteiger partial charge in [-0.25, -0.2) is 4.98 Å². The molecule has 2 heterocycles. The second-order valence-corrected chi connectivity index (χ2v) is 5.54. The number of aromatic nitrogens is 2. The summed E-state index contributed by atoms with van der Waals surface area (Å²) in [5.41, 5.74) is 1.58. The van der Waals surface area contributed by atoms with Crippen molar-refractivity contribution in [3.8, 4) is 10.4 Å². The summed E-state index contributed by atoms with van der Waals surface area (Å²) < 4.78 is 6.79. The molecule has 3 rings (SSSR count). The number of fused-ring (bicyclic) bond motifs is 1. The SMILES string of the molecule is COCCNC(=O)c1cn2cc(-c3ccccc3)sc2n1. The number of benzene rings is 1. The maximum absolute atomic E-state index is 11.9. The first-order valence-corrected chi connectivity index (χ1v) is 7.40. The van der Waals surface area contributed by atoms with Gasteiger partial charge in [-0.05, 0) is 5.56 Å². The van der Waals surface area contributed by atoms with Gasteiger partial charge in [-0.2, -0.15) is 0 Å². The molecule has 6 heteroatoms. The lowest BCUT2D eigenvalue weighted by atomic mass is 10.2. The van der Waals surface area contributed by atoms with Gasteiger partial charge in [-0.3, -0.25) is 9.20 Å². The third-order valence-electron chi connectivity index (χ3n) is 3.04. The van der Waals surface area contributed by atoms with E-state index in [1.807, 2.05) is 28.8 Å². The van der Waals surface area contributed by atoms with Crippen molar-refractivity contribution >= 4 is 22.2 Å². The third-order valence-corrected chi connectivity index (χ3v) is 4.08. The molecular formula is C15H15N3O2S. The molecule has 1 amide bonds. The van der Waals surface area contributed by atoms with Gasteiger partial charge in [0.05, 0.1) is 11.5 Å². The Morgan fingerprint density at radius 1 is 1.33 bits per heavy atom. The highest BCUT2D eigenvalue weighted by molar-refractivity contribution is 7.20. The first kappa shape index (κ1) is 13.8. The first-order chi connectivity index (χ1) is 10.3. The van der Waals surface area contributed by atoms with E-state index in [4.69, 9.17) is 4.74 Å². The van der Waals surface area contributed by atoms with Crippen molar-refractivity contribution in [1.29, 1.82) is 0 Å². The zero-order valence-electron chi connectivity index (χ0n) is 11.6. The number of rotatable bonds is 5. The predicted octanol–water partition coefficient (Wildman–Crippen LogP) is 2.44. The molecule has 1 aromatic carbocycles. The number of imidazole rings is 1. The molecule has 0 aliphatic heterocycles. The number of carbonyl (C=O) groups excluding carboxylic acids is 1. The van der Waals surface area contributed by atoms with Crippen LogP contribution in [-0.2, 0) is 4.74 Å². The van der Waals surface area contributed by atoms with Gasteiger partial charge in [0.15, 0.2) is 4.96 Å². The zero-order valence-corrected chi connectivity index (χ0v) is 12.4. The lowest BCUT2D eigenvalue weighted by Crippen LogP contribution is -2.27. The molecule has 1 N–H and O–H groups in total. The highest BCUT2D eigenvalue weighted by Crippen LogP contribution is 2.28. The summed E-state index contributed by atoms with van der Waals surface area (Å²) in [6, 6.07) is 10.1. The average Bonchev–Trinajstić information content (AvgIpc) is 3.07. The lowest BCUT2D eigenvalue weighted by molar-refractivity contribution is 0.0933. The molecule has 0 bridgehead atoms. The average molecular weight is 301 g/mol. The van der Waals surface area contributed by atoms with Gasteiger partial charge in [0, 0.05) is 26.0 Å². The van der Waals surface area contributed by atoms with Crippen LogP contribution >= 0.6 is 11.3 Å². The number of carbonyl (C=O) groups is 1. The van der Waals surface area contributed by atoms with Gasteiger partial charge in [0.2, 0.25) is 0 Å². The number of ether oxygens (including phenoxy) is 1. The summed E-state index contributed by atoms with van der Waals surface area (Å²) in [6.07, 6.45) is 3.74. The molecule has 5 nitrogen and oxygen atoms in total. The monoisotopic (exact) mass is 301 g/mol. The Labute approximate surface area is 126 Å². The van der Waals surface area contributed by atoms with Crippen LogP contribution in [0.2, 0.25) is 0 Å². The fourth-order valence-electron chi connectivity index (χ4n) is 2.00. The van der Waals surface area contributed by atoms with Crippen LogP contribution in [0.25, 0.3) is 15.4 Å². The van der Waals surface area contributed by atoms with Crippen LogP contribution in [0.1, 0.15) is 10.5 Å². The highest BCUT2D eigenvalue weighted by Gasteiger charge is 2.13. The van der Waals surface area contributed by atoms with E-state index < -0.39 is 0 Å². The van der Waals surface area contributed by atoms with Crippen LogP contribution < -0.4 is 5.32 Å². The van der Waals surface area contributed by atoms with E-state index in [2.05, 4.69) is 22.4 Å². The van der Waals surface area contributed by atoms with Crippen molar-refractivity contribution in [2.45, 2.75) is 0 Å². The Balaban J connectivity index is 1.80. The third kappa shape index (κ3) is 2.96. The van der Waals surface area contributed by atoms with Crippen molar-refractivity contribution in [3.63, 3.8) is 0 Å². The predicted molar refractivity (Wildman–Crippen MR) is 82.7 cm³/mol. The van der Waals surface area contributed by atoms with Crippen LogP contribution in [-0.4, -0.2) is 35.6 Å². The standard InChI is InChI=1S/C15H15N3O2S/c1-20-8-7-16-14(19)12-9-18-10-13(21-15(18)17-12)11-5-3-2-4-6-11/h2-6,9-10H,7-8H2,1H3,(H,16,19). The molecule has 3 aromatic rings. The molecule has 21 heavy (non-hydrogen) atoms. The summed E-state index contributed by atoms with van der Waals surface area (Å²) in [4.78, 5) is 18.2. The van der Waals surface area contributed by atoms with Gasteiger partial charge < -0.3 is 10.1 Å². The van der Waals surface area contributed by atoms with E-state index in [-0.39, 0.29) is 5.91 Å². The van der Waals surface area contributed by atoms with Gasteiger partial charge in [0.1, 0.15) is 5.69 Å². The topological polar surface area (TPSA) is 55.6 Å². The second-order valence-electron chi connectivity index (χ2n) is 4.53. The van der Waals surface area contributed by atoms with Crippen molar-refractivity contribution in [2.24, 2.45) is 0 Å². The molecule has 0 saturated carbocycles. The van der Waals surface area contributed by atoms with E-state index in [1.54, 1.807) is 24.6 Å². The maximum Gasteiger partial charge on any atom is 0.271 e. The summed E-state index contributed by atoms with van der Waals surface area (Å²) >= 11 is 1.56. The lowest BCUT2D eigenvalue weighted by Gasteiger charge is -2.00. The summed E-state index contributed by atoms with van der Waals surface area (Å²) in [7, 11) is 1.60. The molecule has 0 fully saturated rings. The number of nitrogens with zero attached hydrogens (tertiary/aromatic N) is 2. The Morgan fingerprint density at radius 3 is 2.86 bits per heavy atom. The smallest absolute Gasteiger partial charge is 0.271 e. The molecule has 0 unspecified atom stereocenters. The normalized spacial score (nSPS) is 10.9. The van der Waals surface area contributed by atoms with Gasteiger partial charge in [-0.1, -0.05) is 41.7 Å². The van der Waals surface area contributed by atoms with Crippen LogP contribution in [0.3, 0.4) is 0 Å². The number of methoxy groups -OCH3 is 1. The van der Waals surface area contributed by atoms with E-state index in [0.717, 1.165) is 15.4 Å². The van der Waals surface area contributed by atoms with Crippen LogP contribution in [0.15, 0.2) is 42.7 Å². The van der Waals surface area contributed by atoms with Crippen molar-refractivity contribution in [2.75, 3.05) is 20.3 Å². The van der Waals surface area contributed by atoms with E-state index in [9.17, 15) is 4.79 Å². The summed E-state index contributed by atoms with van der Waals surface area (Å²) in [5, 5.41) is 2.76. The molecule has 0 saturated heterocycles. The Bertz CT molecular complexity index is 717. The molecule has 0 spiro atoms. The summed E-state index contributed by atoms with van der Waals surface area (Å²) in [5.74, 6) is -0.177. The van der Waals surface area contributed by atoms with Crippen LogP contribution in [0.5, 0.6) is 0 Å². The number of nitrogens with one attached hydrogen (secondary N) is 1.